The summed E-state index contributed by atoms with van der Waals surface area (Å²) in [6.07, 6.45) is 0. The number of furan rings is 1. The van der Waals surface area contributed by atoms with Crippen molar-refractivity contribution in [3.8, 4) is 11.1 Å². The van der Waals surface area contributed by atoms with E-state index in [4.69, 9.17) is 4.42 Å². The van der Waals surface area contributed by atoms with Crippen molar-refractivity contribution in [2.24, 2.45) is 0 Å². The van der Waals surface area contributed by atoms with Crippen molar-refractivity contribution < 1.29 is 4.42 Å². The van der Waals surface area contributed by atoms with Crippen LogP contribution in [0.15, 0.2) is 138 Å². The Morgan fingerprint density at radius 3 is 1.30 bits per heavy atom. The van der Waals surface area contributed by atoms with Gasteiger partial charge in [-0.2, -0.15) is 0 Å². The van der Waals surface area contributed by atoms with Crippen molar-refractivity contribution in [1.82, 2.24) is 0 Å². The highest BCUT2D eigenvalue weighted by Gasteiger charge is 2.17. The standard InChI is InChI=1S/C40H34N2O/c1-27-5-11-30(12-6-27)31-13-19-34(20-14-31)42(33-17-9-29(3)10-18-33)36-22-24-40-38(26-36)37-25-35(21-23-39(37)43-40)41(4)32-15-7-28(2)8-16-32/h5-26H,1-4H3. The summed E-state index contributed by atoms with van der Waals surface area (Å²) in [6.45, 7) is 6.36. The third-order valence-corrected chi connectivity index (χ3v) is 8.31. The molecule has 3 heteroatoms. The van der Waals surface area contributed by atoms with Gasteiger partial charge in [0.2, 0.25) is 0 Å². The first-order valence-corrected chi connectivity index (χ1v) is 14.7. The smallest absolute Gasteiger partial charge is 0.135 e. The van der Waals surface area contributed by atoms with Crippen LogP contribution in [0.1, 0.15) is 16.7 Å². The van der Waals surface area contributed by atoms with Crippen LogP contribution in [0.25, 0.3) is 33.1 Å². The van der Waals surface area contributed by atoms with E-state index in [0.717, 1.165) is 50.4 Å². The molecule has 0 aliphatic heterocycles. The molecule has 0 amide bonds. The van der Waals surface area contributed by atoms with Gasteiger partial charge in [0, 0.05) is 46.3 Å². The number of hydrogen-bond donors (Lipinski definition) is 0. The molecule has 0 unspecified atom stereocenters. The molecule has 43 heavy (non-hydrogen) atoms. The maximum Gasteiger partial charge on any atom is 0.135 e. The second kappa shape index (κ2) is 10.8. The highest BCUT2D eigenvalue weighted by atomic mass is 16.3. The summed E-state index contributed by atoms with van der Waals surface area (Å²) in [5.41, 5.74) is 13.5. The minimum Gasteiger partial charge on any atom is -0.456 e. The van der Waals surface area contributed by atoms with Gasteiger partial charge in [-0.05, 0) is 105 Å². The second-order valence-corrected chi connectivity index (χ2v) is 11.4. The summed E-state index contributed by atoms with van der Waals surface area (Å²) >= 11 is 0. The predicted molar refractivity (Wildman–Crippen MR) is 183 cm³/mol. The molecule has 1 aromatic heterocycles. The summed E-state index contributed by atoms with van der Waals surface area (Å²) in [4.78, 5) is 4.54. The van der Waals surface area contributed by atoms with Crippen LogP contribution in [0.2, 0.25) is 0 Å². The number of fused-ring (bicyclic) bond motifs is 3. The van der Waals surface area contributed by atoms with Crippen molar-refractivity contribution in [3.05, 3.63) is 150 Å². The summed E-state index contributed by atoms with van der Waals surface area (Å²) in [5.74, 6) is 0. The normalized spacial score (nSPS) is 11.3. The zero-order chi connectivity index (χ0) is 29.5. The maximum atomic E-state index is 6.31. The van der Waals surface area contributed by atoms with E-state index in [9.17, 15) is 0 Å². The molecule has 0 N–H and O–H groups in total. The van der Waals surface area contributed by atoms with Crippen LogP contribution in [-0.2, 0) is 0 Å². The van der Waals surface area contributed by atoms with Gasteiger partial charge in [0.1, 0.15) is 11.2 Å². The Morgan fingerprint density at radius 2 is 0.767 bits per heavy atom. The Bertz CT molecular complexity index is 2040. The average Bonchev–Trinajstić information content (AvgIpc) is 3.40. The van der Waals surface area contributed by atoms with E-state index < -0.39 is 0 Å². The molecular formula is C40H34N2O. The summed E-state index contributed by atoms with van der Waals surface area (Å²) in [6, 6.07) is 47.8. The molecular weight excluding hydrogens is 524 g/mol. The summed E-state index contributed by atoms with van der Waals surface area (Å²) in [7, 11) is 2.11. The van der Waals surface area contributed by atoms with Crippen molar-refractivity contribution in [3.63, 3.8) is 0 Å². The second-order valence-electron chi connectivity index (χ2n) is 11.4. The van der Waals surface area contributed by atoms with Gasteiger partial charge in [0.25, 0.3) is 0 Å². The van der Waals surface area contributed by atoms with E-state index in [2.05, 4.69) is 171 Å². The first kappa shape index (κ1) is 26.6. The molecule has 0 saturated carbocycles. The third-order valence-electron chi connectivity index (χ3n) is 8.31. The zero-order valence-corrected chi connectivity index (χ0v) is 25.0. The molecule has 0 atom stereocenters. The van der Waals surface area contributed by atoms with Gasteiger partial charge < -0.3 is 14.2 Å². The minimum absolute atomic E-state index is 0.882. The van der Waals surface area contributed by atoms with Crippen molar-refractivity contribution in [2.45, 2.75) is 20.8 Å². The van der Waals surface area contributed by atoms with Crippen LogP contribution in [-0.4, -0.2) is 7.05 Å². The monoisotopic (exact) mass is 558 g/mol. The SMILES string of the molecule is Cc1ccc(-c2ccc(N(c3ccc(C)cc3)c3ccc4oc5ccc(N(C)c6ccc(C)cc6)cc5c4c3)cc2)cc1. The van der Waals surface area contributed by atoms with Gasteiger partial charge in [-0.15, -0.1) is 0 Å². The molecule has 0 saturated heterocycles. The molecule has 7 aromatic rings. The first-order chi connectivity index (χ1) is 20.9. The van der Waals surface area contributed by atoms with E-state index in [1.165, 1.54) is 27.8 Å². The van der Waals surface area contributed by atoms with Gasteiger partial charge in [-0.1, -0.05) is 77.4 Å². The first-order valence-electron chi connectivity index (χ1n) is 14.7. The molecule has 0 aliphatic carbocycles. The lowest BCUT2D eigenvalue weighted by molar-refractivity contribution is 0.669. The van der Waals surface area contributed by atoms with E-state index in [1.54, 1.807) is 0 Å². The highest BCUT2D eigenvalue weighted by molar-refractivity contribution is 6.07. The van der Waals surface area contributed by atoms with Crippen LogP contribution < -0.4 is 9.80 Å². The lowest BCUT2D eigenvalue weighted by atomic mass is 10.0. The molecule has 1 heterocycles. The Kier molecular flexibility index (Phi) is 6.71. The fourth-order valence-electron chi connectivity index (χ4n) is 5.71. The fraction of sp³-hybridized carbons (Fsp3) is 0.100. The maximum absolute atomic E-state index is 6.31. The van der Waals surface area contributed by atoms with Crippen molar-refractivity contribution in [1.29, 1.82) is 0 Å². The van der Waals surface area contributed by atoms with Crippen LogP contribution in [0.4, 0.5) is 28.4 Å². The Morgan fingerprint density at radius 1 is 0.395 bits per heavy atom. The molecule has 0 fully saturated rings. The zero-order valence-electron chi connectivity index (χ0n) is 25.0. The molecule has 0 radical (unpaired) electrons. The number of nitrogens with zero attached hydrogens (tertiary/aromatic N) is 2. The van der Waals surface area contributed by atoms with Crippen molar-refractivity contribution in [2.75, 3.05) is 16.8 Å². The molecule has 7 rings (SSSR count). The van der Waals surface area contributed by atoms with Gasteiger partial charge in [0.15, 0.2) is 0 Å². The quantitative estimate of drug-likeness (QED) is 0.202. The van der Waals surface area contributed by atoms with Crippen LogP contribution in [0, 0.1) is 20.8 Å². The Labute approximate surface area is 253 Å². The highest BCUT2D eigenvalue weighted by Crippen LogP contribution is 2.40. The third kappa shape index (κ3) is 5.15. The Balaban J connectivity index is 1.32. The molecule has 0 spiro atoms. The van der Waals surface area contributed by atoms with Crippen molar-refractivity contribution >= 4 is 50.4 Å². The Hall–Kier alpha value is -5.28. The average molecular weight is 559 g/mol. The van der Waals surface area contributed by atoms with Gasteiger partial charge in [0.05, 0.1) is 0 Å². The number of rotatable bonds is 6. The van der Waals surface area contributed by atoms with Gasteiger partial charge in [-0.3, -0.25) is 0 Å². The molecule has 210 valence electrons. The lowest BCUT2D eigenvalue weighted by Gasteiger charge is -2.26. The largest absolute Gasteiger partial charge is 0.456 e. The van der Waals surface area contributed by atoms with Crippen LogP contribution in [0.3, 0.4) is 0 Å². The van der Waals surface area contributed by atoms with Gasteiger partial charge >= 0.3 is 0 Å². The van der Waals surface area contributed by atoms with Crippen LogP contribution in [0.5, 0.6) is 0 Å². The number of aryl methyl sites for hydroxylation is 3. The number of anilines is 5. The summed E-state index contributed by atoms with van der Waals surface area (Å²) < 4.78 is 6.31. The van der Waals surface area contributed by atoms with E-state index in [0.29, 0.717) is 0 Å². The molecule has 0 bridgehead atoms. The molecule has 0 aliphatic rings. The van der Waals surface area contributed by atoms with Gasteiger partial charge in [-0.25, -0.2) is 0 Å². The predicted octanol–water partition coefficient (Wildman–Crippen LogP) is 11.4. The van der Waals surface area contributed by atoms with E-state index in [1.807, 2.05) is 0 Å². The van der Waals surface area contributed by atoms with Crippen LogP contribution >= 0.6 is 0 Å². The molecule has 6 aromatic carbocycles. The lowest BCUT2D eigenvalue weighted by Crippen LogP contribution is -2.10. The molecule has 3 nitrogen and oxygen atoms in total. The topological polar surface area (TPSA) is 19.6 Å². The fourth-order valence-corrected chi connectivity index (χ4v) is 5.71. The minimum atomic E-state index is 0.882. The number of benzene rings is 6. The summed E-state index contributed by atoms with van der Waals surface area (Å²) in [5, 5.41) is 2.20. The van der Waals surface area contributed by atoms with E-state index in [-0.39, 0.29) is 0 Å². The van der Waals surface area contributed by atoms with E-state index >= 15 is 0 Å². The number of hydrogen-bond acceptors (Lipinski definition) is 3.